The SMILES string of the molecule is CCc1nc(NC)c(C)c(NCc2ccno2)n1. The molecule has 0 saturated carbocycles. The Kier molecular flexibility index (Phi) is 3.76. The van der Waals surface area contributed by atoms with Crippen LogP contribution in [0.25, 0.3) is 0 Å². The predicted molar refractivity (Wildman–Crippen MR) is 69.5 cm³/mol. The van der Waals surface area contributed by atoms with Gasteiger partial charge in [-0.05, 0) is 6.92 Å². The van der Waals surface area contributed by atoms with Crippen molar-refractivity contribution in [2.45, 2.75) is 26.8 Å². The van der Waals surface area contributed by atoms with Gasteiger partial charge in [0, 0.05) is 25.1 Å². The van der Waals surface area contributed by atoms with Crippen molar-refractivity contribution in [3.05, 3.63) is 29.4 Å². The standard InChI is InChI=1S/C12H17N5O/c1-4-10-16-11(13-3)8(2)12(17-10)14-7-9-5-6-15-18-9/h5-6H,4,7H2,1-3H3,(H2,13,14,16,17). The van der Waals surface area contributed by atoms with Gasteiger partial charge in [0.15, 0.2) is 5.76 Å². The fourth-order valence-corrected chi connectivity index (χ4v) is 1.64. The lowest BCUT2D eigenvalue weighted by atomic mass is 10.3. The van der Waals surface area contributed by atoms with Crippen LogP contribution >= 0.6 is 0 Å². The van der Waals surface area contributed by atoms with Crippen molar-refractivity contribution in [3.63, 3.8) is 0 Å². The highest BCUT2D eigenvalue weighted by molar-refractivity contribution is 5.56. The van der Waals surface area contributed by atoms with Gasteiger partial charge in [0.1, 0.15) is 17.5 Å². The number of hydrogen-bond acceptors (Lipinski definition) is 6. The number of anilines is 2. The van der Waals surface area contributed by atoms with Crippen LogP contribution in [0.1, 0.15) is 24.1 Å². The van der Waals surface area contributed by atoms with Crippen LogP contribution in [0.4, 0.5) is 11.6 Å². The third-order valence-electron chi connectivity index (χ3n) is 2.67. The van der Waals surface area contributed by atoms with Gasteiger partial charge >= 0.3 is 0 Å². The maximum Gasteiger partial charge on any atom is 0.155 e. The molecular formula is C12H17N5O. The third-order valence-corrected chi connectivity index (χ3v) is 2.67. The zero-order valence-electron chi connectivity index (χ0n) is 10.8. The van der Waals surface area contributed by atoms with Crippen LogP contribution in [-0.2, 0) is 13.0 Å². The van der Waals surface area contributed by atoms with Gasteiger partial charge in [0.2, 0.25) is 0 Å². The predicted octanol–water partition coefficient (Wildman–Crippen LogP) is 1.99. The van der Waals surface area contributed by atoms with Crippen molar-refractivity contribution in [2.24, 2.45) is 0 Å². The minimum atomic E-state index is 0.560. The Morgan fingerprint density at radius 2 is 2.06 bits per heavy atom. The van der Waals surface area contributed by atoms with Gasteiger partial charge < -0.3 is 15.2 Å². The second-order valence-corrected chi connectivity index (χ2v) is 3.90. The summed E-state index contributed by atoms with van der Waals surface area (Å²) in [7, 11) is 1.86. The molecule has 2 aromatic heterocycles. The van der Waals surface area contributed by atoms with E-state index in [0.717, 1.165) is 35.2 Å². The van der Waals surface area contributed by atoms with E-state index in [1.165, 1.54) is 0 Å². The van der Waals surface area contributed by atoms with E-state index in [1.54, 1.807) is 6.20 Å². The number of aromatic nitrogens is 3. The molecule has 6 heteroatoms. The first kappa shape index (κ1) is 12.3. The molecule has 0 aliphatic rings. The molecule has 0 amide bonds. The van der Waals surface area contributed by atoms with Crippen LogP contribution in [0.3, 0.4) is 0 Å². The van der Waals surface area contributed by atoms with Crippen LogP contribution in [0, 0.1) is 6.92 Å². The van der Waals surface area contributed by atoms with E-state index in [2.05, 4.69) is 25.8 Å². The monoisotopic (exact) mass is 247 g/mol. The van der Waals surface area contributed by atoms with E-state index in [4.69, 9.17) is 4.52 Å². The van der Waals surface area contributed by atoms with Crippen LogP contribution in [0.2, 0.25) is 0 Å². The lowest BCUT2D eigenvalue weighted by Gasteiger charge is -2.12. The lowest BCUT2D eigenvalue weighted by Crippen LogP contribution is -2.09. The Hall–Kier alpha value is -2.11. The van der Waals surface area contributed by atoms with Gasteiger partial charge in [-0.2, -0.15) is 0 Å². The third kappa shape index (κ3) is 2.58. The topological polar surface area (TPSA) is 75.9 Å². The molecule has 2 N–H and O–H groups in total. The van der Waals surface area contributed by atoms with Crippen LogP contribution < -0.4 is 10.6 Å². The number of nitrogens with one attached hydrogen (secondary N) is 2. The van der Waals surface area contributed by atoms with Crippen molar-refractivity contribution in [1.82, 2.24) is 15.1 Å². The Labute approximate surface area is 106 Å². The largest absolute Gasteiger partial charge is 0.373 e. The molecule has 6 nitrogen and oxygen atoms in total. The summed E-state index contributed by atoms with van der Waals surface area (Å²) in [6, 6.07) is 1.82. The molecule has 0 aliphatic carbocycles. The molecule has 96 valence electrons. The molecule has 0 spiro atoms. The summed E-state index contributed by atoms with van der Waals surface area (Å²) in [6.07, 6.45) is 2.42. The highest BCUT2D eigenvalue weighted by Crippen LogP contribution is 2.20. The average molecular weight is 247 g/mol. The van der Waals surface area contributed by atoms with Gasteiger partial charge in [0.25, 0.3) is 0 Å². The minimum Gasteiger partial charge on any atom is -0.373 e. The highest BCUT2D eigenvalue weighted by atomic mass is 16.5. The van der Waals surface area contributed by atoms with E-state index in [1.807, 2.05) is 27.0 Å². The Balaban J connectivity index is 2.20. The van der Waals surface area contributed by atoms with E-state index in [9.17, 15) is 0 Å². The molecule has 2 heterocycles. The molecule has 0 saturated heterocycles. The van der Waals surface area contributed by atoms with Crippen molar-refractivity contribution >= 4 is 11.6 Å². The summed E-state index contributed by atoms with van der Waals surface area (Å²) in [5.41, 5.74) is 0.995. The fourth-order valence-electron chi connectivity index (χ4n) is 1.64. The molecule has 0 radical (unpaired) electrons. The van der Waals surface area contributed by atoms with E-state index in [-0.39, 0.29) is 0 Å². The summed E-state index contributed by atoms with van der Waals surface area (Å²) in [6.45, 7) is 4.57. The Morgan fingerprint density at radius 3 is 2.67 bits per heavy atom. The maximum atomic E-state index is 5.04. The van der Waals surface area contributed by atoms with Crippen molar-refractivity contribution in [3.8, 4) is 0 Å². The first-order chi connectivity index (χ1) is 8.74. The van der Waals surface area contributed by atoms with Crippen LogP contribution in [-0.4, -0.2) is 22.2 Å². The highest BCUT2D eigenvalue weighted by Gasteiger charge is 2.09. The zero-order chi connectivity index (χ0) is 13.0. The molecule has 0 aromatic carbocycles. The Morgan fingerprint density at radius 1 is 1.28 bits per heavy atom. The molecular weight excluding hydrogens is 230 g/mol. The second kappa shape index (κ2) is 5.48. The van der Waals surface area contributed by atoms with Gasteiger partial charge in [-0.25, -0.2) is 9.97 Å². The normalized spacial score (nSPS) is 10.4. The second-order valence-electron chi connectivity index (χ2n) is 3.90. The molecule has 0 bridgehead atoms. The average Bonchev–Trinajstić information content (AvgIpc) is 2.90. The molecule has 18 heavy (non-hydrogen) atoms. The van der Waals surface area contributed by atoms with Gasteiger partial charge in [-0.1, -0.05) is 12.1 Å². The van der Waals surface area contributed by atoms with Crippen molar-refractivity contribution in [2.75, 3.05) is 17.7 Å². The zero-order valence-corrected chi connectivity index (χ0v) is 10.8. The lowest BCUT2D eigenvalue weighted by molar-refractivity contribution is 0.388. The van der Waals surface area contributed by atoms with Crippen LogP contribution in [0.5, 0.6) is 0 Å². The number of aryl methyl sites for hydroxylation is 1. The molecule has 2 aromatic rings. The van der Waals surface area contributed by atoms with Crippen LogP contribution in [0.15, 0.2) is 16.8 Å². The summed E-state index contributed by atoms with van der Waals surface area (Å²) < 4.78 is 5.04. The van der Waals surface area contributed by atoms with E-state index >= 15 is 0 Å². The van der Waals surface area contributed by atoms with Crippen molar-refractivity contribution in [1.29, 1.82) is 0 Å². The van der Waals surface area contributed by atoms with Gasteiger partial charge in [-0.15, -0.1) is 0 Å². The smallest absolute Gasteiger partial charge is 0.155 e. The fraction of sp³-hybridized carbons (Fsp3) is 0.417. The summed E-state index contributed by atoms with van der Waals surface area (Å²) in [5.74, 6) is 3.26. The number of rotatable bonds is 5. The van der Waals surface area contributed by atoms with Gasteiger partial charge in [0.05, 0.1) is 12.7 Å². The first-order valence-electron chi connectivity index (χ1n) is 5.93. The van der Waals surface area contributed by atoms with E-state index in [0.29, 0.717) is 6.54 Å². The molecule has 0 atom stereocenters. The van der Waals surface area contributed by atoms with Crippen molar-refractivity contribution < 1.29 is 4.52 Å². The Bertz CT molecular complexity index is 509. The first-order valence-corrected chi connectivity index (χ1v) is 5.93. The number of nitrogens with zero attached hydrogens (tertiary/aromatic N) is 3. The molecule has 0 fully saturated rings. The molecule has 0 unspecified atom stereocenters. The summed E-state index contributed by atoms with van der Waals surface area (Å²) in [5, 5.41) is 9.98. The van der Waals surface area contributed by atoms with Gasteiger partial charge in [-0.3, -0.25) is 0 Å². The minimum absolute atomic E-state index is 0.560. The molecule has 2 rings (SSSR count). The van der Waals surface area contributed by atoms with E-state index < -0.39 is 0 Å². The molecule has 0 aliphatic heterocycles. The summed E-state index contributed by atoms with van der Waals surface area (Å²) >= 11 is 0. The summed E-state index contributed by atoms with van der Waals surface area (Å²) in [4.78, 5) is 8.89. The number of hydrogen-bond donors (Lipinski definition) is 2. The maximum absolute atomic E-state index is 5.04. The quantitative estimate of drug-likeness (QED) is 0.841.